The van der Waals surface area contributed by atoms with Gasteiger partial charge in [-0.05, 0) is 19.8 Å². The quantitative estimate of drug-likeness (QED) is 0.628. The third kappa shape index (κ3) is 1.49. The van der Waals surface area contributed by atoms with Crippen LogP contribution in [0.15, 0.2) is 0 Å². The molecule has 0 aromatic heterocycles. The Kier molecular flexibility index (Phi) is 2.83. The van der Waals surface area contributed by atoms with Gasteiger partial charge >= 0.3 is 6.03 Å². The minimum absolute atomic E-state index is 0.0544. The van der Waals surface area contributed by atoms with E-state index >= 15 is 0 Å². The molecular formula is C10H18N2O2. The number of hydrogen-bond donors (Lipinski definition) is 0. The lowest BCUT2D eigenvalue weighted by Crippen LogP contribution is -2.38. The Hall–Kier alpha value is -1.06. The van der Waals surface area contributed by atoms with E-state index in [2.05, 4.69) is 0 Å². The Bertz CT molecular complexity index is 261. The number of nitrogens with zero attached hydrogens (tertiary/aromatic N) is 2. The predicted molar refractivity (Wildman–Crippen MR) is 53.8 cm³/mol. The SMILES string of the molecule is CC(C)C1C(=O)N(C(C)C)C(=O)N1C. The van der Waals surface area contributed by atoms with E-state index in [4.69, 9.17) is 0 Å². The normalized spacial score (nSPS) is 23.2. The molecule has 0 aliphatic carbocycles. The summed E-state index contributed by atoms with van der Waals surface area (Å²) < 4.78 is 0. The van der Waals surface area contributed by atoms with Crippen molar-refractivity contribution in [2.75, 3.05) is 7.05 Å². The highest BCUT2D eigenvalue weighted by Gasteiger charge is 2.45. The van der Waals surface area contributed by atoms with E-state index in [1.165, 1.54) is 9.80 Å². The fraction of sp³-hybridized carbons (Fsp3) is 0.800. The van der Waals surface area contributed by atoms with E-state index in [0.717, 1.165) is 0 Å². The summed E-state index contributed by atoms with van der Waals surface area (Å²) >= 11 is 0. The van der Waals surface area contributed by atoms with E-state index in [9.17, 15) is 9.59 Å². The minimum Gasteiger partial charge on any atom is -0.315 e. The molecule has 1 aliphatic rings. The van der Waals surface area contributed by atoms with Crippen molar-refractivity contribution in [3.8, 4) is 0 Å². The first-order valence-corrected chi connectivity index (χ1v) is 4.97. The zero-order chi connectivity index (χ0) is 11.0. The number of carbonyl (C=O) groups is 2. The average molecular weight is 198 g/mol. The van der Waals surface area contributed by atoms with Crippen LogP contribution in [0.1, 0.15) is 27.7 Å². The topological polar surface area (TPSA) is 40.6 Å². The molecule has 0 spiro atoms. The molecule has 80 valence electrons. The van der Waals surface area contributed by atoms with Crippen LogP contribution in [0.3, 0.4) is 0 Å². The maximum absolute atomic E-state index is 11.9. The molecule has 0 N–H and O–H groups in total. The largest absolute Gasteiger partial charge is 0.327 e. The maximum Gasteiger partial charge on any atom is 0.327 e. The molecular weight excluding hydrogens is 180 g/mol. The van der Waals surface area contributed by atoms with Crippen LogP contribution in [0.25, 0.3) is 0 Å². The first kappa shape index (κ1) is 11.0. The molecule has 4 nitrogen and oxygen atoms in total. The van der Waals surface area contributed by atoms with E-state index in [-0.39, 0.29) is 29.9 Å². The van der Waals surface area contributed by atoms with Gasteiger partial charge < -0.3 is 4.90 Å². The van der Waals surface area contributed by atoms with Crippen molar-refractivity contribution in [1.29, 1.82) is 0 Å². The first-order valence-electron chi connectivity index (χ1n) is 4.97. The van der Waals surface area contributed by atoms with Crippen LogP contribution in [0.2, 0.25) is 0 Å². The second-order valence-corrected chi connectivity index (χ2v) is 4.38. The van der Waals surface area contributed by atoms with Crippen molar-refractivity contribution in [1.82, 2.24) is 9.80 Å². The molecule has 1 aliphatic heterocycles. The summed E-state index contributed by atoms with van der Waals surface area (Å²) in [6.45, 7) is 7.62. The van der Waals surface area contributed by atoms with E-state index in [1.807, 2.05) is 27.7 Å². The molecule has 0 aromatic rings. The zero-order valence-electron chi connectivity index (χ0n) is 9.44. The van der Waals surface area contributed by atoms with Gasteiger partial charge in [-0.2, -0.15) is 0 Å². The molecule has 0 saturated carbocycles. The molecule has 4 heteroatoms. The molecule has 0 radical (unpaired) electrons. The fourth-order valence-corrected chi connectivity index (χ4v) is 1.90. The van der Waals surface area contributed by atoms with E-state index in [0.29, 0.717) is 0 Å². The molecule has 1 unspecified atom stereocenters. The fourth-order valence-electron chi connectivity index (χ4n) is 1.90. The summed E-state index contributed by atoms with van der Waals surface area (Å²) in [5.41, 5.74) is 0. The van der Waals surface area contributed by atoms with Gasteiger partial charge in [0.25, 0.3) is 5.91 Å². The predicted octanol–water partition coefficient (Wildman–Crippen LogP) is 1.31. The Labute approximate surface area is 84.9 Å². The van der Waals surface area contributed by atoms with Gasteiger partial charge in [-0.3, -0.25) is 9.69 Å². The van der Waals surface area contributed by atoms with Crippen molar-refractivity contribution < 1.29 is 9.59 Å². The second-order valence-electron chi connectivity index (χ2n) is 4.38. The Morgan fingerprint density at radius 1 is 1.14 bits per heavy atom. The van der Waals surface area contributed by atoms with Crippen molar-refractivity contribution in [3.63, 3.8) is 0 Å². The Morgan fingerprint density at radius 3 is 1.86 bits per heavy atom. The molecule has 1 saturated heterocycles. The number of likely N-dealkylation sites (N-methyl/N-ethyl adjacent to an activating group) is 1. The molecule has 1 heterocycles. The maximum atomic E-state index is 11.9. The number of hydrogen-bond acceptors (Lipinski definition) is 2. The summed E-state index contributed by atoms with van der Waals surface area (Å²) in [4.78, 5) is 26.4. The summed E-state index contributed by atoms with van der Waals surface area (Å²) in [6, 6.07) is -0.519. The number of carbonyl (C=O) groups excluding carboxylic acids is 2. The Balaban J connectivity index is 2.97. The van der Waals surface area contributed by atoms with Crippen LogP contribution in [0.5, 0.6) is 0 Å². The highest BCUT2D eigenvalue weighted by atomic mass is 16.2. The summed E-state index contributed by atoms with van der Waals surface area (Å²) in [5.74, 6) is 0.0997. The number of urea groups is 1. The standard InChI is InChI=1S/C10H18N2O2/c1-6(2)8-9(13)12(7(3)4)10(14)11(8)5/h6-8H,1-5H3. The van der Waals surface area contributed by atoms with Crippen molar-refractivity contribution >= 4 is 11.9 Å². The first-order chi connectivity index (χ1) is 6.37. The van der Waals surface area contributed by atoms with Gasteiger partial charge in [-0.25, -0.2) is 4.79 Å². The third-order valence-electron chi connectivity index (χ3n) is 2.56. The van der Waals surface area contributed by atoms with Crippen molar-refractivity contribution in [2.45, 2.75) is 39.8 Å². The molecule has 1 rings (SSSR count). The van der Waals surface area contributed by atoms with E-state index in [1.54, 1.807) is 7.05 Å². The zero-order valence-corrected chi connectivity index (χ0v) is 9.44. The van der Waals surface area contributed by atoms with Crippen LogP contribution < -0.4 is 0 Å². The van der Waals surface area contributed by atoms with Gasteiger partial charge in [-0.15, -0.1) is 0 Å². The van der Waals surface area contributed by atoms with Gasteiger partial charge in [-0.1, -0.05) is 13.8 Å². The molecule has 0 bridgehead atoms. The second kappa shape index (κ2) is 3.59. The number of rotatable bonds is 2. The van der Waals surface area contributed by atoms with Gasteiger partial charge in [0.15, 0.2) is 0 Å². The lowest BCUT2D eigenvalue weighted by atomic mass is 10.0. The number of imide groups is 1. The molecule has 1 atom stereocenters. The molecule has 0 aromatic carbocycles. The molecule has 14 heavy (non-hydrogen) atoms. The van der Waals surface area contributed by atoms with Gasteiger partial charge in [0.05, 0.1) is 0 Å². The monoisotopic (exact) mass is 198 g/mol. The van der Waals surface area contributed by atoms with Crippen molar-refractivity contribution in [3.05, 3.63) is 0 Å². The average Bonchev–Trinajstić information content (AvgIpc) is 2.23. The summed E-state index contributed by atoms with van der Waals surface area (Å²) in [7, 11) is 1.69. The lowest BCUT2D eigenvalue weighted by molar-refractivity contribution is -0.130. The van der Waals surface area contributed by atoms with E-state index < -0.39 is 0 Å². The van der Waals surface area contributed by atoms with Crippen LogP contribution in [0, 0.1) is 5.92 Å². The van der Waals surface area contributed by atoms with Crippen LogP contribution >= 0.6 is 0 Å². The Morgan fingerprint density at radius 2 is 1.64 bits per heavy atom. The highest BCUT2D eigenvalue weighted by molar-refractivity contribution is 6.04. The van der Waals surface area contributed by atoms with Crippen LogP contribution in [0.4, 0.5) is 4.79 Å². The van der Waals surface area contributed by atoms with Crippen LogP contribution in [-0.4, -0.2) is 40.9 Å². The van der Waals surface area contributed by atoms with Gasteiger partial charge in [0.1, 0.15) is 6.04 Å². The van der Waals surface area contributed by atoms with Gasteiger partial charge in [0, 0.05) is 13.1 Å². The third-order valence-corrected chi connectivity index (χ3v) is 2.56. The highest BCUT2D eigenvalue weighted by Crippen LogP contribution is 2.23. The summed E-state index contributed by atoms with van der Waals surface area (Å²) in [5, 5.41) is 0. The minimum atomic E-state index is -0.287. The van der Waals surface area contributed by atoms with Crippen LogP contribution in [-0.2, 0) is 4.79 Å². The smallest absolute Gasteiger partial charge is 0.315 e. The molecule has 1 fully saturated rings. The molecule has 3 amide bonds. The lowest BCUT2D eigenvalue weighted by Gasteiger charge is -2.19. The number of amides is 3. The summed E-state index contributed by atoms with van der Waals surface area (Å²) in [6.07, 6.45) is 0. The van der Waals surface area contributed by atoms with Crippen molar-refractivity contribution in [2.24, 2.45) is 5.92 Å². The van der Waals surface area contributed by atoms with Gasteiger partial charge in [0.2, 0.25) is 0 Å².